The van der Waals surface area contributed by atoms with Crippen molar-refractivity contribution in [3.63, 3.8) is 0 Å². The number of benzene rings is 1. The van der Waals surface area contributed by atoms with Gasteiger partial charge in [-0.3, -0.25) is 9.69 Å². The minimum atomic E-state index is -4.40. The van der Waals surface area contributed by atoms with Gasteiger partial charge in [0.25, 0.3) is 0 Å². The summed E-state index contributed by atoms with van der Waals surface area (Å²) < 4.78 is 38.0. The third-order valence-electron chi connectivity index (χ3n) is 4.83. The molecule has 2 aromatic rings. The molecule has 1 aromatic heterocycles. The molecule has 1 aliphatic rings. The van der Waals surface area contributed by atoms with Crippen LogP contribution in [0.1, 0.15) is 12.5 Å². The van der Waals surface area contributed by atoms with Gasteiger partial charge in [0.05, 0.1) is 22.3 Å². The lowest BCUT2D eigenvalue weighted by Gasteiger charge is -2.38. The van der Waals surface area contributed by atoms with E-state index in [-0.39, 0.29) is 5.91 Å². The van der Waals surface area contributed by atoms with E-state index in [0.717, 1.165) is 12.3 Å². The Labute approximate surface area is 176 Å². The van der Waals surface area contributed by atoms with Gasteiger partial charge in [0.1, 0.15) is 5.82 Å². The Morgan fingerprint density at radius 1 is 1.14 bits per heavy atom. The molecule has 3 rings (SSSR count). The van der Waals surface area contributed by atoms with Crippen LogP contribution < -0.4 is 10.2 Å². The van der Waals surface area contributed by atoms with Crippen LogP contribution >= 0.6 is 23.2 Å². The number of carbonyl (C=O) groups excluding carboxylic acids is 1. The standard InChI is InChI=1S/C19H19Cl2F3N4O/c1-12(18(29)26-16-4-3-14(20)10-15(16)21)27-6-8-28(9-7-27)17-5-2-13(11-25-17)19(22,23)24/h2-5,10-12H,6-9H2,1H3,(H,26,29)/t12-/m1/s1. The van der Waals surface area contributed by atoms with E-state index in [2.05, 4.69) is 10.3 Å². The van der Waals surface area contributed by atoms with Gasteiger partial charge in [0, 0.05) is 37.4 Å². The number of aromatic nitrogens is 1. The van der Waals surface area contributed by atoms with E-state index in [0.29, 0.717) is 47.7 Å². The lowest BCUT2D eigenvalue weighted by atomic mass is 10.2. The molecule has 1 N–H and O–H groups in total. The summed E-state index contributed by atoms with van der Waals surface area (Å²) in [7, 11) is 0. The molecule has 0 saturated carbocycles. The van der Waals surface area contributed by atoms with Crippen molar-refractivity contribution in [2.24, 2.45) is 0 Å². The van der Waals surface area contributed by atoms with Crippen molar-refractivity contribution in [3.05, 3.63) is 52.1 Å². The molecule has 5 nitrogen and oxygen atoms in total. The molecule has 0 bridgehead atoms. The summed E-state index contributed by atoms with van der Waals surface area (Å²) in [5.74, 6) is 0.290. The fourth-order valence-electron chi connectivity index (χ4n) is 3.07. The van der Waals surface area contributed by atoms with Gasteiger partial charge in [-0.15, -0.1) is 0 Å². The Balaban J connectivity index is 1.56. The predicted octanol–water partition coefficient (Wildman–Crippen LogP) is 4.56. The van der Waals surface area contributed by atoms with Crippen molar-refractivity contribution in [3.8, 4) is 0 Å². The summed E-state index contributed by atoms with van der Waals surface area (Å²) in [5.41, 5.74) is -0.286. The van der Waals surface area contributed by atoms with Crippen LogP contribution in [0.15, 0.2) is 36.5 Å². The second kappa shape index (κ2) is 8.77. The molecule has 1 saturated heterocycles. The predicted molar refractivity (Wildman–Crippen MR) is 108 cm³/mol. The van der Waals surface area contributed by atoms with Gasteiger partial charge in [0.15, 0.2) is 0 Å². The van der Waals surface area contributed by atoms with Gasteiger partial charge in [-0.2, -0.15) is 13.2 Å². The second-order valence-corrected chi connectivity index (χ2v) is 7.56. The Kier molecular flexibility index (Phi) is 6.55. The van der Waals surface area contributed by atoms with Crippen LogP contribution in [0.2, 0.25) is 10.0 Å². The van der Waals surface area contributed by atoms with Crippen LogP contribution in [0, 0.1) is 0 Å². The van der Waals surface area contributed by atoms with E-state index < -0.39 is 17.8 Å². The highest BCUT2D eigenvalue weighted by molar-refractivity contribution is 6.36. The van der Waals surface area contributed by atoms with Crippen molar-refractivity contribution >= 4 is 40.6 Å². The minimum absolute atomic E-state index is 0.199. The van der Waals surface area contributed by atoms with Crippen LogP contribution in [0.25, 0.3) is 0 Å². The number of carbonyl (C=O) groups is 1. The SMILES string of the molecule is C[C@H](C(=O)Nc1ccc(Cl)cc1Cl)N1CCN(c2ccc(C(F)(F)F)cn2)CC1. The van der Waals surface area contributed by atoms with Gasteiger partial charge in [-0.25, -0.2) is 4.98 Å². The zero-order valence-corrected chi connectivity index (χ0v) is 17.0. The van der Waals surface area contributed by atoms with Gasteiger partial charge in [0.2, 0.25) is 5.91 Å². The number of nitrogens with zero attached hydrogens (tertiary/aromatic N) is 3. The van der Waals surface area contributed by atoms with Crippen molar-refractivity contribution < 1.29 is 18.0 Å². The zero-order chi connectivity index (χ0) is 21.2. The summed E-state index contributed by atoms with van der Waals surface area (Å²) in [6.45, 7) is 4.05. The number of alkyl halides is 3. The third-order valence-corrected chi connectivity index (χ3v) is 5.38. The largest absolute Gasteiger partial charge is 0.417 e. The Morgan fingerprint density at radius 2 is 1.83 bits per heavy atom. The molecule has 1 aromatic carbocycles. The maximum absolute atomic E-state index is 12.7. The average Bonchev–Trinajstić information content (AvgIpc) is 2.69. The lowest BCUT2D eigenvalue weighted by Crippen LogP contribution is -2.53. The second-order valence-electron chi connectivity index (χ2n) is 6.72. The van der Waals surface area contributed by atoms with Crippen molar-refractivity contribution in [1.29, 1.82) is 0 Å². The topological polar surface area (TPSA) is 48.5 Å². The minimum Gasteiger partial charge on any atom is -0.354 e. The molecule has 0 aliphatic carbocycles. The third kappa shape index (κ3) is 5.32. The van der Waals surface area contributed by atoms with Crippen LogP contribution in [0.5, 0.6) is 0 Å². The van der Waals surface area contributed by atoms with Crippen molar-refractivity contribution in [2.75, 3.05) is 36.4 Å². The molecule has 0 spiro atoms. The Hall–Kier alpha value is -2.03. The average molecular weight is 447 g/mol. The summed E-state index contributed by atoms with van der Waals surface area (Å²) >= 11 is 12.0. The first-order valence-corrected chi connectivity index (χ1v) is 9.69. The van der Waals surface area contributed by atoms with Gasteiger partial charge in [-0.05, 0) is 37.3 Å². The first-order valence-electron chi connectivity index (χ1n) is 8.93. The number of pyridine rings is 1. The molecule has 1 amide bonds. The molecular weight excluding hydrogens is 428 g/mol. The quantitative estimate of drug-likeness (QED) is 0.747. The zero-order valence-electron chi connectivity index (χ0n) is 15.5. The number of halogens is 5. The number of hydrogen-bond donors (Lipinski definition) is 1. The maximum atomic E-state index is 12.7. The molecule has 2 heterocycles. The summed E-state index contributed by atoms with van der Waals surface area (Å²) in [5, 5.41) is 3.63. The highest BCUT2D eigenvalue weighted by Gasteiger charge is 2.31. The number of piperazine rings is 1. The first kappa shape index (κ1) is 21.7. The fourth-order valence-corrected chi connectivity index (χ4v) is 3.53. The lowest BCUT2D eigenvalue weighted by molar-refractivity contribution is -0.137. The van der Waals surface area contributed by atoms with Crippen LogP contribution in [-0.4, -0.2) is 48.0 Å². The maximum Gasteiger partial charge on any atom is 0.417 e. The molecule has 0 radical (unpaired) electrons. The summed E-state index contributed by atoms with van der Waals surface area (Å²) in [6.07, 6.45) is -3.56. The Morgan fingerprint density at radius 3 is 2.38 bits per heavy atom. The fraction of sp³-hybridized carbons (Fsp3) is 0.368. The molecule has 1 fully saturated rings. The molecule has 29 heavy (non-hydrogen) atoms. The smallest absolute Gasteiger partial charge is 0.354 e. The van der Waals surface area contributed by atoms with E-state index in [1.165, 1.54) is 6.07 Å². The van der Waals surface area contributed by atoms with Crippen molar-refractivity contribution in [1.82, 2.24) is 9.88 Å². The van der Waals surface area contributed by atoms with E-state index >= 15 is 0 Å². The Bertz CT molecular complexity index is 869. The van der Waals surface area contributed by atoms with Crippen LogP contribution in [-0.2, 0) is 11.0 Å². The number of nitrogens with one attached hydrogen (secondary N) is 1. The van der Waals surface area contributed by atoms with Gasteiger partial charge in [-0.1, -0.05) is 23.2 Å². The normalized spacial score (nSPS) is 16.6. The molecule has 10 heteroatoms. The molecule has 1 atom stereocenters. The van der Waals surface area contributed by atoms with E-state index in [1.807, 2.05) is 9.80 Å². The molecular formula is C19H19Cl2F3N4O. The number of hydrogen-bond acceptors (Lipinski definition) is 4. The number of amides is 1. The van der Waals surface area contributed by atoms with Crippen LogP contribution in [0.3, 0.4) is 0 Å². The highest BCUT2D eigenvalue weighted by atomic mass is 35.5. The molecule has 1 aliphatic heterocycles. The first-order chi connectivity index (χ1) is 13.6. The summed E-state index contributed by atoms with van der Waals surface area (Å²) in [6, 6.07) is 6.84. The molecule has 0 unspecified atom stereocenters. The summed E-state index contributed by atoms with van der Waals surface area (Å²) in [4.78, 5) is 20.4. The van der Waals surface area contributed by atoms with Gasteiger partial charge >= 0.3 is 6.18 Å². The van der Waals surface area contributed by atoms with E-state index in [1.54, 1.807) is 25.1 Å². The highest BCUT2D eigenvalue weighted by Crippen LogP contribution is 2.29. The van der Waals surface area contributed by atoms with Crippen molar-refractivity contribution in [2.45, 2.75) is 19.1 Å². The number of rotatable bonds is 4. The molecule has 156 valence electrons. The van der Waals surface area contributed by atoms with E-state index in [9.17, 15) is 18.0 Å². The van der Waals surface area contributed by atoms with Gasteiger partial charge < -0.3 is 10.2 Å². The van der Waals surface area contributed by atoms with E-state index in [4.69, 9.17) is 23.2 Å². The van der Waals surface area contributed by atoms with Crippen LogP contribution in [0.4, 0.5) is 24.7 Å². The number of anilines is 2. The monoisotopic (exact) mass is 446 g/mol.